The van der Waals surface area contributed by atoms with Crippen molar-refractivity contribution >= 4 is 34.1 Å². The van der Waals surface area contributed by atoms with E-state index in [1.54, 1.807) is 33.5 Å². The molecule has 3 saturated heterocycles. The number of amides is 1. The summed E-state index contributed by atoms with van der Waals surface area (Å²) < 4.78 is 50.4. The van der Waals surface area contributed by atoms with E-state index in [1.165, 1.54) is 11.3 Å². The van der Waals surface area contributed by atoms with E-state index in [4.69, 9.17) is 42.9 Å². The van der Waals surface area contributed by atoms with Gasteiger partial charge in [0.05, 0.1) is 36.5 Å². The summed E-state index contributed by atoms with van der Waals surface area (Å²) in [4.78, 5) is 51.3. The van der Waals surface area contributed by atoms with Crippen molar-refractivity contribution in [1.29, 1.82) is 0 Å². The quantitative estimate of drug-likeness (QED) is 0.225. The van der Waals surface area contributed by atoms with Crippen molar-refractivity contribution in [3.05, 3.63) is 58.1 Å². The minimum absolute atomic E-state index is 0.0117. The molecule has 1 aromatic carbocycles. The number of cyclic esters (lactones) is 1. The number of methoxy groups -OCH3 is 3. The number of hydrogen-bond donors (Lipinski definition) is 1. The summed E-state index contributed by atoms with van der Waals surface area (Å²) in [6.45, 7) is 8.07. The summed E-state index contributed by atoms with van der Waals surface area (Å²) in [5.74, 6) is -1.88. The second kappa shape index (κ2) is 20.4. The predicted octanol–water partition coefficient (Wildman–Crippen LogP) is 7.28. The lowest BCUT2D eigenvalue weighted by Gasteiger charge is -2.44. The number of carbonyl (C=O) groups excluding carboxylic acids is 3. The molecule has 0 unspecified atom stereocenters. The van der Waals surface area contributed by atoms with Crippen molar-refractivity contribution < 1.29 is 52.3 Å². The van der Waals surface area contributed by atoms with Gasteiger partial charge < -0.3 is 42.8 Å². The summed E-state index contributed by atoms with van der Waals surface area (Å²) in [7, 11) is 9.07. The van der Waals surface area contributed by atoms with Crippen LogP contribution in [0.3, 0.4) is 0 Å². The molecule has 352 valence electrons. The molecule has 1 aromatic heterocycles. The van der Waals surface area contributed by atoms with Gasteiger partial charge in [-0.1, -0.05) is 38.1 Å². The van der Waals surface area contributed by atoms with Crippen LogP contribution in [0.15, 0.2) is 42.0 Å². The fourth-order valence-electron chi connectivity index (χ4n) is 11.9. The van der Waals surface area contributed by atoms with Gasteiger partial charge in [-0.05, 0) is 109 Å². The van der Waals surface area contributed by atoms with Crippen LogP contribution in [0.25, 0.3) is 0 Å². The first kappa shape index (κ1) is 47.4. The fraction of sp³-hybridized carbons (Fsp3) is 0.714. The van der Waals surface area contributed by atoms with Gasteiger partial charge in [0.1, 0.15) is 24.4 Å². The van der Waals surface area contributed by atoms with Crippen LogP contribution >= 0.6 is 11.3 Å². The molecule has 1 amide bonds. The van der Waals surface area contributed by atoms with E-state index in [2.05, 4.69) is 37.3 Å². The van der Waals surface area contributed by atoms with Crippen molar-refractivity contribution in [3.8, 4) is 0 Å². The molecule has 0 radical (unpaired) electrons. The number of ether oxygens (including phenoxy) is 8. The number of carbonyl (C=O) groups is 3. The topological polar surface area (TPSA) is 153 Å². The summed E-state index contributed by atoms with van der Waals surface area (Å²) in [5.41, 5.74) is 2.00. The fourth-order valence-corrected chi connectivity index (χ4v) is 13.1. The number of benzene rings is 1. The zero-order valence-electron chi connectivity index (χ0n) is 38.9. The van der Waals surface area contributed by atoms with Crippen LogP contribution in [0.4, 0.5) is 5.13 Å². The van der Waals surface area contributed by atoms with Crippen LogP contribution in [0, 0.1) is 23.7 Å². The lowest BCUT2D eigenvalue weighted by atomic mass is 9.67. The minimum atomic E-state index is -0.707. The molecule has 0 bridgehead atoms. The molecule has 6 aliphatic rings. The molecule has 4 fully saturated rings. The van der Waals surface area contributed by atoms with E-state index in [0.717, 1.165) is 29.8 Å². The van der Waals surface area contributed by atoms with Crippen LogP contribution in [-0.4, -0.2) is 130 Å². The third-order valence-electron chi connectivity index (χ3n) is 15.1. The summed E-state index contributed by atoms with van der Waals surface area (Å²) in [5, 5.41) is 3.57. The van der Waals surface area contributed by atoms with Gasteiger partial charge in [-0.2, -0.15) is 0 Å². The Kier molecular flexibility index (Phi) is 15.1. The Labute approximate surface area is 382 Å². The summed E-state index contributed by atoms with van der Waals surface area (Å²) in [6, 6.07) is 9.38. The number of nitrogens with one attached hydrogen (secondary N) is 1. The second-order valence-corrected chi connectivity index (χ2v) is 20.1. The molecule has 17 atom stereocenters. The zero-order chi connectivity index (χ0) is 45.4. The van der Waals surface area contributed by atoms with E-state index in [0.29, 0.717) is 54.4 Å². The number of anilines is 1. The van der Waals surface area contributed by atoms with Gasteiger partial charge in [-0.25, -0.2) is 4.98 Å². The second-order valence-electron chi connectivity index (χ2n) is 19.1. The highest BCUT2D eigenvalue weighted by Gasteiger charge is 2.57. The van der Waals surface area contributed by atoms with Gasteiger partial charge in [-0.3, -0.25) is 19.7 Å². The lowest BCUT2D eigenvalue weighted by molar-refractivity contribution is -0.314. The number of rotatable bonds is 11. The third kappa shape index (κ3) is 9.53. The number of fused-ring (bicyclic) bond motifs is 8. The smallest absolute Gasteiger partial charge is 0.306 e. The van der Waals surface area contributed by atoms with Gasteiger partial charge in [0.25, 0.3) is 5.91 Å². The third-order valence-corrected chi connectivity index (χ3v) is 16.3. The molecule has 2 aromatic rings. The van der Waals surface area contributed by atoms with E-state index in [1.807, 2.05) is 39.0 Å². The first-order chi connectivity index (χ1) is 30.8. The van der Waals surface area contributed by atoms with Gasteiger partial charge in [0.2, 0.25) is 0 Å². The van der Waals surface area contributed by atoms with Crippen molar-refractivity contribution in [2.75, 3.05) is 40.7 Å². The highest BCUT2D eigenvalue weighted by atomic mass is 32.1. The van der Waals surface area contributed by atoms with E-state index in [9.17, 15) is 9.59 Å². The van der Waals surface area contributed by atoms with E-state index < -0.39 is 36.6 Å². The van der Waals surface area contributed by atoms with E-state index >= 15 is 4.79 Å². The summed E-state index contributed by atoms with van der Waals surface area (Å²) >= 11 is 1.48. The number of nitrogens with zero attached hydrogens (tertiary/aromatic N) is 2. The van der Waals surface area contributed by atoms with Gasteiger partial charge in [0, 0.05) is 61.5 Å². The Bertz CT molecular complexity index is 1980. The Morgan fingerprint density at radius 2 is 1.64 bits per heavy atom. The maximum atomic E-state index is 15.2. The molecule has 3 aliphatic heterocycles. The number of likely N-dealkylation sites (N-methyl/N-ethyl adjacent to an activating group) is 1. The molecule has 3 aliphatic carbocycles. The number of aromatic nitrogens is 1. The number of hydrogen-bond acceptors (Lipinski definition) is 14. The molecular weight excluding hydrogens is 839 g/mol. The molecule has 14 nitrogen and oxygen atoms in total. The minimum Gasteiger partial charge on any atom is -0.462 e. The molecule has 0 spiro atoms. The first-order valence-electron chi connectivity index (χ1n) is 23.5. The normalized spacial score (nSPS) is 39.1. The van der Waals surface area contributed by atoms with Crippen LogP contribution < -0.4 is 5.32 Å². The van der Waals surface area contributed by atoms with Crippen LogP contribution in [0.2, 0.25) is 0 Å². The van der Waals surface area contributed by atoms with Gasteiger partial charge >= 0.3 is 5.97 Å². The average Bonchev–Trinajstić information content (AvgIpc) is 4.00. The molecule has 64 heavy (non-hydrogen) atoms. The number of thiazole rings is 1. The molecular formula is C49H69N3O11S. The van der Waals surface area contributed by atoms with Gasteiger partial charge in [-0.15, -0.1) is 11.3 Å². The number of esters is 1. The molecule has 1 saturated carbocycles. The monoisotopic (exact) mass is 907 g/mol. The standard InChI is InChI=1S/C49H69N3O11S/c1-10-29-17-14-18-37(63-39-20-19-36(52(5)6)26(3)59-39)25(2)42(54)34-23-32-31-21-30(62-48-45(58-9)44(57-8)43(56-7)27(4)60-48)22-35(31)46-41(40(32)33(34)24-38(53)61-29)50-49(64-46)51-47(55)28-15-12-11-13-16-28/h11-13,15-16,23,25-27,29-33,35-37,39-40,43-45,48H,10,14,17-22,24H2,1-9H3,(H,50,51,55)/t25-,26-,27+,29+,30+,31+,32+,33-,35-,36+,37+,39+,40-,43+,44-,45-,48+/m1/s1. The lowest BCUT2D eigenvalue weighted by Crippen LogP contribution is -2.59. The van der Waals surface area contributed by atoms with Gasteiger partial charge in [0.15, 0.2) is 23.5 Å². The SMILES string of the molecule is CC[C@H]1CCC[C@H](O[C@H]2CC[C@H](N(C)C)[C@@H](C)O2)[C@@H](C)C(=O)C2=C[C@H]3[C@@H]4C[C@H](O[C@@H]5O[C@@H](C)[C@H](OC)[C@@H](OC)[C@H]5OC)C[C@H]4c4sc(NC(=O)c5ccccc5)nc4[C@H]3[C@@H]2CC(=O)O1. The first-order valence-corrected chi connectivity index (χ1v) is 24.3. The van der Waals surface area contributed by atoms with E-state index in [-0.39, 0.29) is 84.4 Å². The zero-order valence-corrected chi connectivity index (χ0v) is 39.8. The largest absolute Gasteiger partial charge is 0.462 e. The molecule has 4 heterocycles. The number of ketones is 1. The maximum absolute atomic E-state index is 15.2. The van der Waals surface area contributed by atoms with Crippen molar-refractivity contribution in [1.82, 2.24) is 9.88 Å². The van der Waals surface area contributed by atoms with Crippen LogP contribution in [0.1, 0.15) is 118 Å². The number of allylic oxidation sites excluding steroid dienone is 2. The Hall–Kier alpha value is -3.12. The predicted molar refractivity (Wildman–Crippen MR) is 240 cm³/mol. The van der Waals surface area contributed by atoms with Crippen molar-refractivity contribution in [3.63, 3.8) is 0 Å². The Morgan fingerprint density at radius 3 is 2.33 bits per heavy atom. The molecule has 1 N–H and O–H groups in total. The summed E-state index contributed by atoms with van der Waals surface area (Å²) in [6.07, 6.45) is 4.43. The Morgan fingerprint density at radius 1 is 0.891 bits per heavy atom. The van der Waals surface area contributed by atoms with Crippen LogP contribution in [0.5, 0.6) is 0 Å². The maximum Gasteiger partial charge on any atom is 0.306 e. The molecule has 15 heteroatoms. The van der Waals surface area contributed by atoms with Crippen LogP contribution in [-0.2, 0) is 47.5 Å². The van der Waals surface area contributed by atoms with Crippen molar-refractivity contribution in [2.45, 2.75) is 165 Å². The highest BCUT2D eigenvalue weighted by molar-refractivity contribution is 7.16. The highest BCUT2D eigenvalue weighted by Crippen LogP contribution is 2.63. The Balaban J connectivity index is 1.13. The average molecular weight is 908 g/mol. The number of Topliss-reactive ketones (excluding diaryl/α,β-unsaturated/α-hetero) is 1. The molecule has 8 rings (SSSR count). The van der Waals surface area contributed by atoms with Crippen molar-refractivity contribution in [2.24, 2.45) is 23.7 Å².